The van der Waals surface area contributed by atoms with Crippen LogP contribution in [0.4, 0.5) is 11.4 Å². The van der Waals surface area contributed by atoms with E-state index in [0.717, 1.165) is 23.3 Å². The van der Waals surface area contributed by atoms with Crippen LogP contribution in [0.1, 0.15) is 20.7 Å². The van der Waals surface area contributed by atoms with Crippen molar-refractivity contribution >= 4 is 45.0 Å². The molecule has 2 N–H and O–H groups in total. The number of aromatic nitrogens is 1. The van der Waals surface area contributed by atoms with Crippen LogP contribution in [0.3, 0.4) is 0 Å². The Labute approximate surface area is 190 Å². The van der Waals surface area contributed by atoms with Crippen LogP contribution in [0.5, 0.6) is 0 Å². The molecule has 9 nitrogen and oxygen atoms in total. The van der Waals surface area contributed by atoms with E-state index < -0.39 is 23.1 Å². The summed E-state index contributed by atoms with van der Waals surface area (Å²) in [7, 11) is 0. The zero-order chi connectivity index (χ0) is 23.7. The van der Waals surface area contributed by atoms with Crippen molar-refractivity contribution in [1.29, 1.82) is 0 Å². The summed E-state index contributed by atoms with van der Waals surface area (Å²) >= 11 is 0. The molecule has 34 heavy (non-hydrogen) atoms. The highest BCUT2D eigenvalue weighted by Gasteiger charge is 2.10. The maximum atomic E-state index is 12.4. The molecule has 0 aliphatic heterocycles. The molecule has 3 aromatic heterocycles. The Balaban J connectivity index is 1.41. The molecule has 0 radical (unpaired) electrons. The number of hydrogen-bond acceptors (Lipinski definition) is 7. The smallest absolute Gasteiger partial charge is 0.335 e. The summed E-state index contributed by atoms with van der Waals surface area (Å²) in [5.74, 6) is -0.851. The van der Waals surface area contributed by atoms with Crippen LogP contribution in [0.25, 0.3) is 21.8 Å². The fourth-order valence-electron chi connectivity index (χ4n) is 3.36. The zero-order valence-corrected chi connectivity index (χ0v) is 17.4. The third-order valence-electron chi connectivity index (χ3n) is 5.05. The van der Waals surface area contributed by atoms with Crippen molar-refractivity contribution in [3.63, 3.8) is 0 Å². The largest absolute Gasteiger partial charge is 0.430 e. The molecule has 5 aromatic rings. The molecule has 3 heterocycles. The van der Waals surface area contributed by atoms with Crippen molar-refractivity contribution < 1.29 is 18.4 Å². The van der Waals surface area contributed by atoms with Gasteiger partial charge in [0.1, 0.15) is 12.5 Å². The minimum atomic E-state index is -0.538. The molecule has 0 bridgehead atoms. The number of carbonyl (C=O) groups is 2. The van der Waals surface area contributed by atoms with Crippen LogP contribution < -0.4 is 21.9 Å². The van der Waals surface area contributed by atoms with E-state index in [-0.39, 0.29) is 11.1 Å². The van der Waals surface area contributed by atoms with Crippen LogP contribution in [0.2, 0.25) is 0 Å². The molecule has 0 saturated heterocycles. The second-order valence-electron chi connectivity index (χ2n) is 7.40. The highest BCUT2D eigenvalue weighted by Crippen LogP contribution is 2.25. The molecule has 0 aliphatic carbocycles. The normalized spacial score (nSPS) is 10.8. The molecule has 0 saturated carbocycles. The molecule has 166 valence electrons. The van der Waals surface area contributed by atoms with Gasteiger partial charge in [0.05, 0.1) is 22.2 Å². The average Bonchev–Trinajstić information content (AvgIpc) is 2.83. The number of carbonyl (C=O) groups excluding carboxylic acids is 2. The number of benzene rings is 2. The number of rotatable bonds is 4. The first-order valence-electron chi connectivity index (χ1n) is 10.1. The SMILES string of the molecule is O=C(Nc1ccc2cc3ccc(NC(=O)c4ccc(=O)oc4)cc3nc2c1)c1ccc(=O)oc1. The Kier molecular flexibility index (Phi) is 5.19. The maximum Gasteiger partial charge on any atom is 0.335 e. The van der Waals surface area contributed by atoms with Gasteiger partial charge in [-0.3, -0.25) is 9.59 Å². The van der Waals surface area contributed by atoms with E-state index in [2.05, 4.69) is 15.6 Å². The average molecular weight is 453 g/mol. The fourth-order valence-corrected chi connectivity index (χ4v) is 3.36. The van der Waals surface area contributed by atoms with Gasteiger partial charge in [-0.1, -0.05) is 12.1 Å². The summed E-state index contributed by atoms with van der Waals surface area (Å²) in [5, 5.41) is 7.23. The lowest BCUT2D eigenvalue weighted by Gasteiger charge is -2.09. The van der Waals surface area contributed by atoms with Crippen LogP contribution in [-0.4, -0.2) is 16.8 Å². The predicted octanol–water partition coefficient (Wildman–Crippen LogP) is 3.80. The van der Waals surface area contributed by atoms with Gasteiger partial charge in [-0.15, -0.1) is 0 Å². The number of nitrogens with zero attached hydrogens (tertiary/aromatic N) is 1. The molecular weight excluding hydrogens is 438 g/mol. The first-order valence-corrected chi connectivity index (χ1v) is 10.1. The van der Waals surface area contributed by atoms with Crippen molar-refractivity contribution in [2.24, 2.45) is 0 Å². The number of pyridine rings is 1. The Morgan fingerprint density at radius 1 is 0.618 bits per heavy atom. The molecule has 0 atom stereocenters. The Bertz CT molecular complexity index is 1540. The molecule has 2 aromatic carbocycles. The van der Waals surface area contributed by atoms with E-state index in [4.69, 9.17) is 8.83 Å². The lowest BCUT2D eigenvalue weighted by molar-refractivity contribution is 0.101. The van der Waals surface area contributed by atoms with E-state index in [9.17, 15) is 19.2 Å². The summed E-state index contributed by atoms with van der Waals surface area (Å²) in [6.07, 6.45) is 2.20. The number of nitrogens with one attached hydrogen (secondary N) is 2. The van der Waals surface area contributed by atoms with E-state index in [1.807, 2.05) is 18.2 Å². The van der Waals surface area contributed by atoms with Gasteiger partial charge in [-0.05, 0) is 42.5 Å². The summed E-state index contributed by atoms with van der Waals surface area (Å²) in [5.41, 5.74) is 1.66. The number of fused-ring (bicyclic) bond motifs is 2. The number of hydrogen-bond donors (Lipinski definition) is 2. The highest BCUT2D eigenvalue weighted by atomic mass is 16.4. The standard InChI is InChI=1S/C25H15N3O6/c29-22-7-3-16(12-33-22)24(31)26-18-5-1-14-9-15-2-6-19(11-21(15)28-20(14)10-18)27-25(32)17-4-8-23(30)34-13-17/h1-13H,(H,26,31)(H,27,32). The summed E-state index contributed by atoms with van der Waals surface area (Å²) in [6.45, 7) is 0. The molecule has 0 spiro atoms. The predicted molar refractivity (Wildman–Crippen MR) is 125 cm³/mol. The molecule has 0 fully saturated rings. The van der Waals surface area contributed by atoms with Gasteiger partial charge in [0.2, 0.25) is 0 Å². The Morgan fingerprint density at radius 3 is 1.50 bits per heavy atom. The molecule has 5 rings (SSSR count). The molecule has 0 aliphatic rings. The monoisotopic (exact) mass is 453 g/mol. The minimum absolute atomic E-state index is 0.212. The van der Waals surface area contributed by atoms with Crippen LogP contribution >= 0.6 is 0 Å². The van der Waals surface area contributed by atoms with Crippen molar-refractivity contribution in [2.45, 2.75) is 0 Å². The molecule has 9 heteroatoms. The highest BCUT2D eigenvalue weighted by molar-refractivity contribution is 6.06. The minimum Gasteiger partial charge on any atom is -0.430 e. The molecule has 0 unspecified atom stereocenters. The van der Waals surface area contributed by atoms with Gasteiger partial charge in [0.15, 0.2) is 0 Å². The van der Waals surface area contributed by atoms with Gasteiger partial charge < -0.3 is 19.5 Å². The van der Waals surface area contributed by atoms with Crippen molar-refractivity contribution in [2.75, 3.05) is 10.6 Å². The van der Waals surface area contributed by atoms with E-state index in [0.29, 0.717) is 22.4 Å². The fraction of sp³-hybridized carbons (Fsp3) is 0. The van der Waals surface area contributed by atoms with Gasteiger partial charge in [0, 0.05) is 34.3 Å². The van der Waals surface area contributed by atoms with Crippen LogP contribution in [0, 0.1) is 0 Å². The topological polar surface area (TPSA) is 132 Å². The Morgan fingerprint density at radius 2 is 1.09 bits per heavy atom. The molecular formula is C25H15N3O6. The van der Waals surface area contributed by atoms with Crippen molar-refractivity contribution in [1.82, 2.24) is 4.98 Å². The Hall–Kier alpha value is -5.05. The maximum absolute atomic E-state index is 12.4. The van der Waals surface area contributed by atoms with Gasteiger partial charge in [-0.2, -0.15) is 0 Å². The quantitative estimate of drug-likeness (QED) is 0.396. The first kappa shape index (κ1) is 20.8. The van der Waals surface area contributed by atoms with Crippen LogP contribution in [0.15, 0.2) is 97.7 Å². The van der Waals surface area contributed by atoms with E-state index in [1.54, 1.807) is 24.3 Å². The van der Waals surface area contributed by atoms with Gasteiger partial charge in [0.25, 0.3) is 11.8 Å². The summed E-state index contributed by atoms with van der Waals surface area (Å²) in [6, 6.07) is 17.7. The third kappa shape index (κ3) is 4.30. The van der Waals surface area contributed by atoms with Crippen molar-refractivity contribution in [3.8, 4) is 0 Å². The zero-order valence-electron chi connectivity index (χ0n) is 17.4. The van der Waals surface area contributed by atoms with Crippen molar-refractivity contribution in [3.05, 3.63) is 111 Å². The summed E-state index contributed by atoms with van der Waals surface area (Å²) in [4.78, 5) is 51.6. The van der Waals surface area contributed by atoms with E-state index >= 15 is 0 Å². The second-order valence-corrected chi connectivity index (χ2v) is 7.40. The summed E-state index contributed by atoms with van der Waals surface area (Å²) < 4.78 is 9.46. The van der Waals surface area contributed by atoms with Gasteiger partial charge >= 0.3 is 11.3 Å². The van der Waals surface area contributed by atoms with E-state index in [1.165, 1.54) is 24.3 Å². The molecule has 2 amide bonds. The second kappa shape index (κ2) is 8.47. The van der Waals surface area contributed by atoms with Gasteiger partial charge in [-0.25, -0.2) is 14.6 Å². The first-order chi connectivity index (χ1) is 16.4. The van der Waals surface area contributed by atoms with Crippen LogP contribution in [-0.2, 0) is 0 Å². The lowest BCUT2D eigenvalue weighted by atomic mass is 10.1. The number of anilines is 2. The third-order valence-corrected chi connectivity index (χ3v) is 5.05. The number of amides is 2. The lowest BCUT2D eigenvalue weighted by Crippen LogP contribution is -2.13.